The van der Waals surface area contributed by atoms with E-state index in [4.69, 9.17) is 10.3 Å². The van der Waals surface area contributed by atoms with Crippen molar-refractivity contribution in [2.45, 2.75) is 68.8 Å². The first kappa shape index (κ1) is 17.4. The van der Waals surface area contributed by atoms with Gasteiger partial charge in [-0.15, -0.1) is 0 Å². The molecule has 0 aliphatic heterocycles. The molecule has 0 saturated heterocycles. The maximum absolute atomic E-state index is 10.9. The van der Waals surface area contributed by atoms with Crippen molar-refractivity contribution < 1.29 is 19.8 Å². The molecule has 0 amide bonds. The van der Waals surface area contributed by atoms with Gasteiger partial charge < -0.3 is 30.1 Å². The van der Waals surface area contributed by atoms with Crippen LogP contribution >= 0.6 is 0 Å². The predicted octanol–water partition coefficient (Wildman–Crippen LogP) is 1.58. The quantitative estimate of drug-likeness (QED) is 0.510. The van der Waals surface area contributed by atoms with Crippen LogP contribution in [0.5, 0.6) is 0 Å². The van der Waals surface area contributed by atoms with Crippen LogP contribution in [-0.2, 0) is 6.42 Å². The molecule has 3 aliphatic carbocycles. The summed E-state index contributed by atoms with van der Waals surface area (Å²) in [5, 5.41) is 36.3. The number of aromatic nitrogens is 4. The molecule has 29 heavy (non-hydrogen) atoms. The average Bonchev–Trinajstić information content (AvgIpc) is 3.27. The highest BCUT2D eigenvalue weighted by Crippen LogP contribution is 2.51. The molecule has 0 spiro atoms. The van der Waals surface area contributed by atoms with Crippen LogP contribution < -0.4 is 5.73 Å². The molecule has 6 rings (SSSR count). The number of hydrogen-bond donors (Lipinski definition) is 4. The Balaban J connectivity index is 1.64. The third-order valence-corrected chi connectivity index (χ3v) is 6.68. The molecule has 2 saturated carbocycles. The lowest BCUT2D eigenvalue weighted by Gasteiger charge is -2.17. The van der Waals surface area contributed by atoms with E-state index in [1.807, 2.05) is 0 Å². The monoisotopic (exact) mass is 397 g/mol. The van der Waals surface area contributed by atoms with Crippen molar-refractivity contribution in [2.24, 2.45) is 0 Å². The van der Waals surface area contributed by atoms with E-state index in [-0.39, 0.29) is 6.04 Å². The lowest BCUT2D eigenvalue weighted by atomic mass is 10.0. The molecular formula is C20H23N5O4. The zero-order chi connectivity index (χ0) is 19.9. The number of fused-ring (bicyclic) bond motifs is 5. The van der Waals surface area contributed by atoms with E-state index in [1.54, 1.807) is 0 Å². The van der Waals surface area contributed by atoms with Crippen molar-refractivity contribution in [1.82, 2.24) is 19.7 Å². The van der Waals surface area contributed by atoms with Crippen LogP contribution in [0.1, 0.15) is 67.2 Å². The summed E-state index contributed by atoms with van der Waals surface area (Å²) in [7, 11) is 0. The minimum absolute atomic E-state index is 0.117. The molecule has 5 N–H and O–H groups in total. The Hall–Kier alpha value is -2.49. The summed E-state index contributed by atoms with van der Waals surface area (Å²) in [5.41, 5.74) is 10.1. The Kier molecular flexibility index (Phi) is 3.60. The molecule has 3 aromatic heterocycles. The van der Waals surface area contributed by atoms with Crippen molar-refractivity contribution >= 4 is 16.9 Å². The molecule has 0 aromatic carbocycles. The van der Waals surface area contributed by atoms with E-state index < -0.39 is 18.3 Å². The van der Waals surface area contributed by atoms with Gasteiger partial charge in [0.1, 0.15) is 29.2 Å². The highest BCUT2D eigenvalue weighted by Gasteiger charge is 2.41. The van der Waals surface area contributed by atoms with Crippen molar-refractivity contribution in [3.63, 3.8) is 0 Å². The van der Waals surface area contributed by atoms with Gasteiger partial charge in [-0.2, -0.15) is 0 Å². The predicted molar refractivity (Wildman–Crippen MR) is 103 cm³/mol. The summed E-state index contributed by atoms with van der Waals surface area (Å²) in [6.07, 6.45) is 3.33. The van der Waals surface area contributed by atoms with Gasteiger partial charge in [-0.25, -0.2) is 9.97 Å². The van der Waals surface area contributed by atoms with Gasteiger partial charge in [0.15, 0.2) is 0 Å². The second kappa shape index (κ2) is 6.01. The van der Waals surface area contributed by atoms with Crippen LogP contribution in [0.4, 0.5) is 5.82 Å². The Labute approximate surface area is 166 Å². The lowest BCUT2D eigenvalue weighted by molar-refractivity contribution is 0.0438. The van der Waals surface area contributed by atoms with Crippen molar-refractivity contribution in [2.75, 3.05) is 5.73 Å². The zero-order valence-electron chi connectivity index (χ0n) is 15.8. The minimum Gasteiger partial charge on any atom is -0.390 e. The van der Waals surface area contributed by atoms with Gasteiger partial charge in [0.25, 0.3) is 0 Å². The molecule has 9 heteroatoms. The van der Waals surface area contributed by atoms with E-state index in [2.05, 4.69) is 19.7 Å². The van der Waals surface area contributed by atoms with Gasteiger partial charge in [-0.05, 0) is 38.5 Å². The van der Waals surface area contributed by atoms with Crippen LogP contribution in [0.3, 0.4) is 0 Å². The first-order valence-corrected chi connectivity index (χ1v) is 10.2. The standard InChI is InChI=1S/C20H23N5O4/c21-19-16-14-10(3-4-11(26)15-17(14)24-29-18(15)8-1-2-8)25(20(16)23-7-22-19)9-5-12(27)13(28)6-9/h7-9,11-13,26-28H,1-6H2,(H2,21,22,23)/t9?,11?,12-,13+. The van der Waals surface area contributed by atoms with Crippen LogP contribution in [0.2, 0.25) is 0 Å². The number of anilines is 1. The molecule has 3 aliphatic rings. The third kappa shape index (κ3) is 2.41. The summed E-state index contributed by atoms with van der Waals surface area (Å²) in [6, 6.07) is -0.117. The van der Waals surface area contributed by atoms with E-state index in [1.165, 1.54) is 6.33 Å². The van der Waals surface area contributed by atoms with Gasteiger partial charge in [-0.1, -0.05) is 5.16 Å². The molecule has 0 radical (unpaired) electrons. The van der Waals surface area contributed by atoms with Gasteiger partial charge in [0.05, 0.1) is 29.3 Å². The third-order valence-electron chi connectivity index (χ3n) is 6.68. The normalized spacial score (nSPS) is 29.1. The molecule has 152 valence electrons. The van der Waals surface area contributed by atoms with Crippen LogP contribution in [0, 0.1) is 0 Å². The molecule has 9 nitrogen and oxygen atoms in total. The second-order valence-corrected chi connectivity index (χ2v) is 8.55. The number of nitrogens with zero attached hydrogens (tertiary/aromatic N) is 4. The summed E-state index contributed by atoms with van der Waals surface area (Å²) in [6.45, 7) is 0. The molecule has 2 unspecified atom stereocenters. The highest BCUT2D eigenvalue weighted by molar-refractivity contribution is 6.02. The first-order valence-electron chi connectivity index (χ1n) is 10.2. The average molecular weight is 397 g/mol. The van der Waals surface area contributed by atoms with E-state index in [0.29, 0.717) is 54.1 Å². The summed E-state index contributed by atoms with van der Waals surface area (Å²) >= 11 is 0. The fraction of sp³-hybridized carbons (Fsp3) is 0.550. The van der Waals surface area contributed by atoms with E-state index in [9.17, 15) is 15.3 Å². The lowest BCUT2D eigenvalue weighted by Crippen LogP contribution is -2.17. The fourth-order valence-electron chi connectivity index (χ4n) is 5.15. The number of rotatable bonds is 2. The topological polar surface area (TPSA) is 143 Å². The Morgan fingerprint density at radius 2 is 1.83 bits per heavy atom. The van der Waals surface area contributed by atoms with Crippen LogP contribution in [0.15, 0.2) is 10.9 Å². The smallest absolute Gasteiger partial charge is 0.146 e. The molecule has 0 bridgehead atoms. The summed E-state index contributed by atoms with van der Waals surface area (Å²) in [5.74, 6) is 1.45. The second-order valence-electron chi connectivity index (χ2n) is 8.55. The fourth-order valence-corrected chi connectivity index (χ4v) is 5.15. The van der Waals surface area contributed by atoms with Gasteiger partial charge >= 0.3 is 0 Å². The van der Waals surface area contributed by atoms with Gasteiger partial charge in [0.2, 0.25) is 0 Å². The Morgan fingerprint density at radius 3 is 2.55 bits per heavy atom. The number of nitrogen functional groups attached to an aromatic ring is 1. The summed E-state index contributed by atoms with van der Waals surface area (Å²) in [4.78, 5) is 8.70. The number of aliphatic hydroxyl groups is 3. The van der Waals surface area contributed by atoms with E-state index >= 15 is 0 Å². The first-order chi connectivity index (χ1) is 14.0. The minimum atomic E-state index is -0.771. The molecule has 3 aromatic rings. The maximum Gasteiger partial charge on any atom is 0.146 e. The highest BCUT2D eigenvalue weighted by atomic mass is 16.5. The zero-order valence-corrected chi connectivity index (χ0v) is 15.8. The summed E-state index contributed by atoms with van der Waals surface area (Å²) < 4.78 is 7.77. The van der Waals surface area contributed by atoms with Crippen molar-refractivity contribution in [3.05, 3.63) is 23.3 Å². The van der Waals surface area contributed by atoms with Crippen molar-refractivity contribution in [1.29, 1.82) is 0 Å². The van der Waals surface area contributed by atoms with Gasteiger partial charge in [0, 0.05) is 23.2 Å². The van der Waals surface area contributed by atoms with Crippen molar-refractivity contribution in [3.8, 4) is 11.3 Å². The maximum atomic E-state index is 10.9. The molecule has 3 heterocycles. The van der Waals surface area contributed by atoms with Crippen LogP contribution in [0.25, 0.3) is 22.3 Å². The number of hydrogen-bond acceptors (Lipinski definition) is 8. The Bertz CT molecular complexity index is 1110. The SMILES string of the molecule is Nc1ncnc2c1c1c(n2C2C[C@@H](O)[C@@H](O)C2)CCC(O)c2c-1noc2C1CC1. The molecule has 2 fully saturated rings. The molecule has 4 atom stereocenters. The Morgan fingerprint density at radius 1 is 1.07 bits per heavy atom. The largest absolute Gasteiger partial charge is 0.390 e. The molecular weight excluding hydrogens is 374 g/mol. The van der Waals surface area contributed by atoms with Gasteiger partial charge in [-0.3, -0.25) is 0 Å². The van der Waals surface area contributed by atoms with Crippen LogP contribution in [-0.4, -0.2) is 47.2 Å². The number of nitrogens with two attached hydrogens (primary N) is 1. The van der Waals surface area contributed by atoms with E-state index in [0.717, 1.165) is 35.4 Å². The number of aliphatic hydroxyl groups excluding tert-OH is 3.